The van der Waals surface area contributed by atoms with Crippen molar-refractivity contribution in [3.8, 4) is 0 Å². The van der Waals surface area contributed by atoms with E-state index < -0.39 is 0 Å². The van der Waals surface area contributed by atoms with Crippen molar-refractivity contribution in [2.75, 3.05) is 17.2 Å². The molecule has 94 valence electrons. The van der Waals surface area contributed by atoms with Gasteiger partial charge in [-0.3, -0.25) is 9.78 Å². The second-order valence-corrected chi connectivity index (χ2v) is 4.85. The predicted octanol–water partition coefficient (Wildman–Crippen LogP) is 1.49. The molecule has 0 spiro atoms. The lowest BCUT2D eigenvalue weighted by Crippen LogP contribution is -2.30. The van der Waals surface area contributed by atoms with Crippen LogP contribution in [0, 0.1) is 0 Å². The summed E-state index contributed by atoms with van der Waals surface area (Å²) in [5, 5.41) is 0.547. The van der Waals surface area contributed by atoms with Crippen molar-refractivity contribution in [2.24, 2.45) is 0 Å². The first kappa shape index (κ1) is 11.1. The van der Waals surface area contributed by atoms with Crippen LogP contribution < -0.4 is 16.2 Å². The number of nitrogen functional groups attached to an aromatic ring is 1. The maximum Gasteiger partial charge on any atom is 0.260 e. The van der Waals surface area contributed by atoms with Crippen LogP contribution in [0.2, 0.25) is 0 Å². The summed E-state index contributed by atoms with van der Waals surface area (Å²) >= 11 is 0. The van der Waals surface area contributed by atoms with E-state index in [9.17, 15) is 4.79 Å². The van der Waals surface area contributed by atoms with E-state index in [0.717, 1.165) is 19.4 Å². The highest BCUT2D eigenvalue weighted by atomic mass is 16.1. The van der Waals surface area contributed by atoms with Gasteiger partial charge in [-0.15, -0.1) is 0 Å². The van der Waals surface area contributed by atoms with E-state index in [2.05, 4.69) is 21.8 Å². The topological polar surface area (TPSA) is 75.0 Å². The third-order valence-corrected chi connectivity index (χ3v) is 3.54. The van der Waals surface area contributed by atoms with E-state index in [1.54, 1.807) is 18.2 Å². The Kier molecular flexibility index (Phi) is 2.47. The van der Waals surface area contributed by atoms with E-state index in [0.29, 0.717) is 28.6 Å². The molecule has 0 amide bonds. The van der Waals surface area contributed by atoms with E-state index in [4.69, 9.17) is 5.73 Å². The van der Waals surface area contributed by atoms with Gasteiger partial charge in [0.2, 0.25) is 5.95 Å². The Hall–Kier alpha value is -2.04. The molecule has 3 rings (SSSR count). The standard InChI is InChI=1S/C13H16N4O/c1-8-3-2-6-17(8)13-15-11-5-4-9(14)7-10(11)12(18)16-13/h4-5,7-8H,2-3,6,14H2,1H3,(H,15,16,18). The minimum absolute atomic E-state index is 0.124. The van der Waals surface area contributed by atoms with Crippen LogP contribution in [0.25, 0.3) is 10.9 Å². The summed E-state index contributed by atoms with van der Waals surface area (Å²) in [6.45, 7) is 3.10. The Balaban J connectivity index is 2.15. The third kappa shape index (κ3) is 1.72. The summed E-state index contributed by atoms with van der Waals surface area (Å²) < 4.78 is 0. The molecular weight excluding hydrogens is 228 g/mol. The van der Waals surface area contributed by atoms with Gasteiger partial charge in [0.25, 0.3) is 5.56 Å². The van der Waals surface area contributed by atoms with Crippen molar-refractivity contribution in [1.29, 1.82) is 0 Å². The predicted molar refractivity (Wildman–Crippen MR) is 72.8 cm³/mol. The highest BCUT2D eigenvalue weighted by molar-refractivity contribution is 5.81. The van der Waals surface area contributed by atoms with Gasteiger partial charge in [-0.25, -0.2) is 4.98 Å². The van der Waals surface area contributed by atoms with Crippen molar-refractivity contribution < 1.29 is 0 Å². The van der Waals surface area contributed by atoms with E-state index >= 15 is 0 Å². The lowest BCUT2D eigenvalue weighted by molar-refractivity contribution is 0.717. The van der Waals surface area contributed by atoms with Crippen LogP contribution >= 0.6 is 0 Å². The van der Waals surface area contributed by atoms with Crippen LogP contribution in [-0.2, 0) is 0 Å². The minimum Gasteiger partial charge on any atom is -0.399 e. The molecule has 1 aliphatic rings. The zero-order chi connectivity index (χ0) is 12.7. The lowest BCUT2D eigenvalue weighted by atomic mass is 10.2. The third-order valence-electron chi connectivity index (χ3n) is 3.54. The average molecular weight is 244 g/mol. The number of anilines is 2. The number of rotatable bonds is 1. The van der Waals surface area contributed by atoms with Crippen LogP contribution in [0.1, 0.15) is 19.8 Å². The molecule has 0 aliphatic carbocycles. The quantitative estimate of drug-likeness (QED) is 0.745. The van der Waals surface area contributed by atoms with Crippen LogP contribution in [0.4, 0.5) is 11.6 Å². The first-order valence-corrected chi connectivity index (χ1v) is 6.21. The molecule has 1 unspecified atom stereocenters. The van der Waals surface area contributed by atoms with E-state index in [1.807, 2.05) is 0 Å². The fourth-order valence-electron chi connectivity index (χ4n) is 2.53. The maximum absolute atomic E-state index is 12.0. The lowest BCUT2D eigenvalue weighted by Gasteiger charge is -2.21. The SMILES string of the molecule is CC1CCCN1c1nc2ccc(N)cc2c(=O)[nH]1. The summed E-state index contributed by atoms with van der Waals surface area (Å²) in [7, 11) is 0. The molecule has 18 heavy (non-hydrogen) atoms. The summed E-state index contributed by atoms with van der Waals surface area (Å²) in [5.74, 6) is 0.669. The van der Waals surface area contributed by atoms with Crippen LogP contribution in [0.15, 0.2) is 23.0 Å². The smallest absolute Gasteiger partial charge is 0.260 e. The zero-order valence-electron chi connectivity index (χ0n) is 10.3. The normalized spacial score (nSPS) is 19.6. The molecule has 1 aromatic heterocycles. The van der Waals surface area contributed by atoms with Gasteiger partial charge in [0.1, 0.15) is 0 Å². The van der Waals surface area contributed by atoms with Crippen molar-refractivity contribution >= 4 is 22.5 Å². The number of nitrogens with one attached hydrogen (secondary N) is 1. The molecule has 5 nitrogen and oxygen atoms in total. The highest BCUT2D eigenvalue weighted by Crippen LogP contribution is 2.22. The van der Waals surface area contributed by atoms with Gasteiger partial charge in [-0.1, -0.05) is 0 Å². The second kappa shape index (κ2) is 4.01. The Bertz CT molecular complexity index is 649. The Morgan fingerprint density at radius 2 is 2.33 bits per heavy atom. The number of nitrogens with zero attached hydrogens (tertiary/aromatic N) is 2. The van der Waals surface area contributed by atoms with Gasteiger partial charge in [0, 0.05) is 18.3 Å². The molecule has 2 aromatic rings. The van der Waals surface area contributed by atoms with Crippen molar-refractivity contribution in [1.82, 2.24) is 9.97 Å². The van der Waals surface area contributed by atoms with E-state index in [-0.39, 0.29) is 5.56 Å². The number of aromatic nitrogens is 2. The van der Waals surface area contributed by atoms with Crippen molar-refractivity contribution in [2.45, 2.75) is 25.8 Å². The number of aromatic amines is 1. The fraction of sp³-hybridized carbons (Fsp3) is 0.385. The molecule has 1 atom stereocenters. The maximum atomic E-state index is 12.0. The Labute approximate surface area is 105 Å². The summed E-state index contributed by atoms with van der Waals surface area (Å²) in [5.41, 5.74) is 6.84. The first-order chi connectivity index (χ1) is 8.65. The van der Waals surface area contributed by atoms with Crippen molar-refractivity contribution in [3.05, 3.63) is 28.6 Å². The molecule has 0 saturated carbocycles. The summed E-state index contributed by atoms with van der Waals surface area (Å²) in [6.07, 6.45) is 2.29. The largest absolute Gasteiger partial charge is 0.399 e. The molecule has 1 saturated heterocycles. The van der Waals surface area contributed by atoms with E-state index in [1.165, 1.54) is 0 Å². The number of H-pyrrole nitrogens is 1. The summed E-state index contributed by atoms with van der Waals surface area (Å²) in [4.78, 5) is 21.6. The van der Waals surface area contributed by atoms with Gasteiger partial charge in [0.15, 0.2) is 0 Å². The molecule has 0 bridgehead atoms. The van der Waals surface area contributed by atoms with Gasteiger partial charge < -0.3 is 10.6 Å². The van der Waals surface area contributed by atoms with Crippen LogP contribution in [0.5, 0.6) is 0 Å². The zero-order valence-corrected chi connectivity index (χ0v) is 10.3. The van der Waals surface area contributed by atoms with Gasteiger partial charge in [-0.05, 0) is 38.0 Å². The molecule has 2 heterocycles. The van der Waals surface area contributed by atoms with Crippen molar-refractivity contribution in [3.63, 3.8) is 0 Å². The van der Waals surface area contributed by atoms with Gasteiger partial charge >= 0.3 is 0 Å². The first-order valence-electron chi connectivity index (χ1n) is 6.21. The van der Waals surface area contributed by atoms with Gasteiger partial charge in [0.05, 0.1) is 10.9 Å². The molecule has 5 heteroatoms. The molecule has 3 N–H and O–H groups in total. The highest BCUT2D eigenvalue weighted by Gasteiger charge is 2.22. The fourth-order valence-corrected chi connectivity index (χ4v) is 2.53. The minimum atomic E-state index is -0.124. The molecule has 1 fully saturated rings. The number of hydrogen-bond acceptors (Lipinski definition) is 4. The number of hydrogen-bond donors (Lipinski definition) is 2. The second-order valence-electron chi connectivity index (χ2n) is 4.85. The number of nitrogens with two attached hydrogens (primary N) is 1. The number of fused-ring (bicyclic) bond motifs is 1. The van der Waals surface area contributed by atoms with Crippen LogP contribution in [0.3, 0.4) is 0 Å². The monoisotopic (exact) mass is 244 g/mol. The summed E-state index contributed by atoms with van der Waals surface area (Å²) in [6, 6.07) is 5.66. The Morgan fingerprint density at radius 3 is 3.06 bits per heavy atom. The average Bonchev–Trinajstić information content (AvgIpc) is 2.76. The molecular formula is C13H16N4O. The number of benzene rings is 1. The molecule has 1 aromatic carbocycles. The Morgan fingerprint density at radius 1 is 1.50 bits per heavy atom. The molecule has 0 radical (unpaired) electrons. The molecule has 1 aliphatic heterocycles. The van der Waals surface area contributed by atoms with Crippen LogP contribution in [-0.4, -0.2) is 22.6 Å². The van der Waals surface area contributed by atoms with Gasteiger partial charge in [-0.2, -0.15) is 0 Å².